The van der Waals surface area contributed by atoms with Crippen LogP contribution in [0.2, 0.25) is 0 Å². The first-order chi connectivity index (χ1) is 7.52. The van der Waals surface area contributed by atoms with Crippen LogP contribution in [0.1, 0.15) is 5.56 Å². The molecule has 0 aliphatic rings. The molecule has 3 nitrogen and oxygen atoms in total. The van der Waals surface area contributed by atoms with Gasteiger partial charge in [-0.3, -0.25) is 4.79 Å². The van der Waals surface area contributed by atoms with E-state index in [2.05, 4.69) is 25.4 Å². The number of ether oxygens (including phenoxy) is 2. The number of benzene rings is 1. The molecule has 0 unspecified atom stereocenters. The zero-order chi connectivity index (χ0) is 12.1. The maximum absolute atomic E-state index is 12.1. The second-order valence-corrected chi connectivity index (χ2v) is 3.80. The van der Waals surface area contributed by atoms with E-state index in [-0.39, 0.29) is 12.2 Å². The van der Waals surface area contributed by atoms with Gasteiger partial charge in [-0.15, -0.1) is 0 Å². The first kappa shape index (κ1) is 12.9. The van der Waals surface area contributed by atoms with Crippen LogP contribution in [0.5, 0.6) is 5.75 Å². The van der Waals surface area contributed by atoms with Gasteiger partial charge in [-0.2, -0.15) is 8.78 Å². The normalized spacial score (nSPS) is 10.3. The van der Waals surface area contributed by atoms with Crippen molar-refractivity contribution in [2.75, 3.05) is 7.11 Å². The Bertz CT molecular complexity index is 382. The van der Waals surface area contributed by atoms with E-state index in [0.717, 1.165) is 0 Å². The van der Waals surface area contributed by atoms with Gasteiger partial charge in [-0.25, -0.2) is 0 Å². The van der Waals surface area contributed by atoms with Gasteiger partial charge in [0.2, 0.25) is 0 Å². The molecular formula is C10H9BrF2O3. The average molecular weight is 295 g/mol. The smallest absolute Gasteiger partial charge is 0.387 e. The highest BCUT2D eigenvalue weighted by Crippen LogP contribution is 2.25. The number of alkyl halides is 2. The third-order valence-electron chi connectivity index (χ3n) is 1.81. The molecule has 0 spiro atoms. The molecule has 0 bridgehead atoms. The fourth-order valence-corrected chi connectivity index (χ4v) is 1.45. The van der Waals surface area contributed by atoms with Crippen LogP contribution in [0.25, 0.3) is 0 Å². The number of hydrogen-bond donors (Lipinski definition) is 0. The Hall–Kier alpha value is -1.17. The Morgan fingerprint density at radius 1 is 1.50 bits per heavy atom. The van der Waals surface area contributed by atoms with E-state index >= 15 is 0 Å². The number of halogens is 3. The Morgan fingerprint density at radius 3 is 2.75 bits per heavy atom. The highest BCUT2D eigenvalue weighted by Gasteiger charge is 2.13. The second-order valence-electron chi connectivity index (χ2n) is 2.88. The zero-order valence-electron chi connectivity index (χ0n) is 8.38. The van der Waals surface area contributed by atoms with Crippen molar-refractivity contribution in [3.8, 4) is 5.75 Å². The van der Waals surface area contributed by atoms with Crippen LogP contribution >= 0.6 is 15.9 Å². The number of carbonyl (C=O) groups is 1. The lowest BCUT2D eigenvalue weighted by Gasteiger charge is -2.10. The Morgan fingerprint density at radius 2 is 2.19 bits per heavy atom. The molecule has 1 aromatic carbocycles. The van der Waals surface area contributed by atoms with Crippen molar-refractivity contribution in [3.63, 3.8) is 0 Å². The maximum atomic E-state index is 12.1. The lowest BCUT2D eigenvalue weighted by molar-refractivity contribution is -0.139. The quantitative estimate of drug-likeness (QED) is 0.801. The summed E-state index contributed by atoms with van der Waals surface area (Å²) >= 11 is 3.13. The van der Waals surface area contributed by atoms with Crippen molar-refractivity contribution in [1.29, 1.82) is 0 Å². The van der Waals surface area contributed by atoms with Gasteiger partial charge in [-0.1, -0.05) is 22.0 Å². The summed E-state index contributed by atoms with van der Waals surface area (Å²) in [6, 6.07) is 4.54. The first-order valence-electron chi connectivity index (χ1n) is 4.33. The van der Waals surface area contributed by atoms with Crippen LogP contribution in [0.15, 0.2) is 22.7 Å². The second kappa shape index (κ2) is 5.79. The van der Waals surface area contributed by atoms with E-state index in [4.69, 9.17) is 0 Å². The summed E-state index contributed by atoms with van der Waals surface area (Å²) in [6.45, 7) is -2.93. The maximum Gasteiger partial charge on any atom is 0.387 e. The third kappa shape index (κ3) is 3.77. The summed E-state index contributed by atoms with van der Waals surface area (Å²) < 4.78 is 33.5. The predicted molar refractivity (Wildman–Crippen MR) is 56.5 cm³/mol. The van der Waals surface area contributed by atoms with Crippen molar-refractivity contribution < 1.29 is 23.0 Å². The molecule has 0 aromatic heterocycles. The molecule has 0 amide bonds. The van der Waals surface area contributed by atoms with E-state index < -0.39 is 12.6 Å². The lowest BCUT2D eigenvalue weighted by atomic mass is 10.1. The highest BCUT2D eigenvalue weighted by molar-refractivity contribution is 9.10. The van der Waals surface area contributed by atoms with Crippen molar-refractivity contribution in [2.24, 2.45) is 0 Å². The molecule has 1 aromatic rings. The van der Waals surface area contributed by atoms with Crippen molar-refractivity contribution in [1.82, 2.24) is 0 Å². The topological polar surface area (TPSA) is 35.5 Å². The highest BCUT2D eigenvalue weighted by atomic mass is 79.9. The predicted octanol–water partition coefficient (Wildman–Crippen LogP) is 2.77. The van der Waals surface area contributed by atoms with Gasteiger partial charge in [0.1, 0.15) is 5.75 Å². The number of rotatable bonds is 4. The molecule has 1 rings (SSSR count). The summed E-state index contributed by atoms with van der Waals surface area (Å²) in [5.41, 5.74) is 0.357. The molecule has 0 radical (unpaired) electrons. The van der Waals surface area contributed by atoms with Gasteiger partial charge in [0.15, 0.2) is 0 Å². The fourth-order valence-electron chi connectivity index (χ4n) is 1.11. The molecule has 0 saturated carbocycles. The molecule has 0 atom stereocenters. The van der Waals surface area contributed by atoms with Crippen LogP contribution in [0, 0.1) is 0 Å². The van der Waals surface area contributed by atoms with Gasteiger partial charge in [0.25, 0.3) is 0 Å². The first-order valence-corrected chi connectivity index (χ1v) is 5.12. The summed E-state index contributed by atoms with van der Waals surface area (Å²) in [6.07, 6.45) is -0.105. The van der Waals surface area contributed by atoms with Crippen LogP contribution in [-0.4, -0.2) is 19.7 Å². The molecule has 0 aliphatic carbocycles. The van der Waals surface area contributed by atoms with Crippen LogP contribution < -0.4 is 4.74 Å². The van der Waals surface area contributed by atoms with Crippen LogP contribution in [0.4, 0.5) is 8.78 Å². The summed E-state index contributed by atoms with van der Waals surface area (Å²) in [4.78, 5) is 11.0. The van der Waals surface area contributed by atoms with Crippen LogP contribution in [0.3, 0.4) is 0 Å². The molecule has 0 N–H and O–H groups in total. The monoisotopic (exact) mass is 294 g/mol. The molecule has 6 heteroatoms. The Labute approximate surface area is 99.5 Å². The summed E-state index contributed by atoms with van der Waals surface area (Å²) in [7, 11) is 1.23. The number of carbonyl (C=O) groups excluding carboxylic acids is 1. The van der Waals surface area contributed by atoms with Crippen molar-refractivity contribution >= 4 is 21.9 Å². The minimum atomic E-state index is -2.93. The molecule has 0 fully saturated rings. The van der Waals surface area contributed by atoms with Crippen molar-refractivity contribution in [2.45, 2.75) is 13.0 Å². The third-order valence-corrected chi connectivity index (χ3v) is 2.30. The standard InChI is InChI=1S/C10H9BrF2O3/c1-15-9(14)4-6-2-3-7(11)5-8(6)16-10(12)13/h2-3,5,10H,4H2,1H3. The van der Waals surface area contributed by atoms with Gasteiger partial charge in [0.05, 0.1) is 13.5 Å². The van der Waals surface area contributed by atoms with E-state index in [0.29, 0.717) is 10.0 Å². The average Bonchev–Trinajstić information content (AvgIpc) is 2.21. The van der Waals surface area contributed by atoms with Crippen LogP contribution in [-0.2, 0) is 16.0 Å². The number of hydrogen-bond acceptors (Lipinski definition) is 3. The van der Waals surface area contributed by atoms with E-state index in [1.54, 1.807) is 6.07 Å². The minimum Gasteiger partial charge on any atom is -0.469 e. The SMILES string of the molecule is COC(=O)Cc1ccc(Br)cc1OC(F)F. The Balaban J connectivity index is 2.93. The van der Waals surface area contributed by atoms with Gasteiger partial charge in [-0.05, 0) is 12.1 Å². The van der Waals surface area contributed by atoms with Crippen molar-refractivity contribution in [3.05, 3.63) is 28.2 Å². The van der Waals surface area contributed by atoms with Gasteiger partial charge in [0, 0.05) is 10.0 Å². The summed E-state index contributed by atoms with van der Waals surface area (Å²) in [5, 5.41) is 0. The van der Waals surface area contributed by atoms with Gasteiger partial charge < -0.3 is 9.47 Å². The fraction of sp³-hybridized carbons (Fsp3) is 0.300. The molecule has 0 saturated heterocycles. The zero-order valence-corrected chi connectivity index (χ0v) is 9.96. The Kier molecular flexibility index (Phi) is 4.67. The molecule has 0 aliphatic heterocycles. The number of methoxy groups -OCH3 is 1. The summed E-state index contributed by atoms with van der Waals surface area (Å²) in [5.74, 6) is -0.545. The minimum absolute atomic E-state index is 0.0326. The molecular weight excluding hydrogens is 286 g/mol. The van der Waals surface area contributed by atoms with E-state index in [9.17, 15) is 13.6 Å². The molecule has 16 heavy (non-hydrogen) atoms. The largest absolute Gasteiger partial charge is 0.469 e. The van der Waals surface area contributed by atoms with E-state index in [1.807, 2.05) is 0 Å². The van der Waals surface area contributed by atoms with Gasteiger partial charge >= 0.3 is 12.6 Å². The molecule has 0 heterocycles. The lowest BCUT2D eigenvalue weighted by Crippen LogP contribution is -2.09. The number of esters is 1. The molecule has 88 valence electrons. The van der Waals surface area contributed by atoms with E-state index in [1.165, 1.54) is 19.2 Å².